The maximum absolute atomic E-state index is 12.4. The summed E-state index contributed by atoms with van der Waals surface area (Å²) in [6.07, 6.45) is 0. The lowest BCUT2D eigenvalue weighted by atomic mass is 10.2. The summed E-state index contributed by atoms with van der Waals surface area (Å²) in [7, 11) is 1.62. The predicted molar refractivity (Wildman–Crippen MR) is 107 cm³/mol. The number of nitrogens with zero attached hydrogens (tertiary/aromatic N) is 1. The molecule has 1 heterocycles. The summed E-state index contributed by atoms with van der Waals surface area (Å²) < 4.78 is 16.2. The van der Waals surface area contributed by atoms with Gasteiger partial charge in [0.15, 0.2) is 6.61 Å². The largest absolute Gasteiger partial charge is 0.497 e. The minimum Gasteiger partial charge on any atom is -0.497 e. The second-order valence-electron chi connectivity index (χ2n) is 6.85. The number of hydrogen-bond acceptors (Lipinski definition) is 4. The van der Waals surface area contributed by atoms with Crippen molar-refractivity contribution in [2.75, 3.05) is 46.5 Å². The first-order valence-electron chi connectivity index (χ1n) is 9.78. The number of methoxy groups -OCH3 is 1. The van der Waals surface area contributed by atoms with Gasteiger partial charge in [0.25, 0.3) is 5.91 Å². The molecule has 0 saturated carbocycles. The van der Waals surface area contributed by atoms with Gasteiger partial charge in [0, 0.05) is 5.56 Å². The van der Waals surface area contributed by atoms with Gasteiger partial charge in [0.2, 0.25) is 0 Å². The summed E-state index contributed by atoms with van der Waals surface area (Å²) in [6, 6.07) is 15.6. The Kier molecular flexibility index (Phi) is 7.14. The highest BCUT2D eigenvalue weighted by Crippen LogP contribution is 2.17. The van der Waals surface area contributed by atoms with E-state index in [2.05, 4.69) is 12.1 Å². The van der Waals surface area contributed by atoms with E-state index in [1.165, 1.54) is 10.5 Å². The maximum atomic E-state index is 12.4. The topological polar surface area (TPSA) is 52.4 Å². The Balaban J connectivity index is 1.40. The van der Waals surface area contributed by atoms with Crippen molar-refractivity contribution in [3.63, 3.8) is 0 Å². The number of ether oxygens (including phenoxy) is 3. The molecule has 3 rings (SSSR count). The zero-order chi connectivity index (χ0) is 19.8. The number of hydrogen-bond donors (Lipinski definition) is 1. The highest BCUT2D eigenvalue weighted by atomic mass is 16.5. The normalized spacial score (nSPS) is 14.6. The average molecular weight is 385 g/mol. The standard InChI is InChI=1S/C22H28N2O4/c1-3-27-20-6-4-18(5-7-20)16-23-12-14-24(15-13-23)22(25)17-28-21-10-8-19(26-2)9-11-21/h4-11H,3,12-17H2,1-2H3/p+1. The summed E-state index contributed by atoms with van der Waals surface area (Å²) in [5.41, 5.74) is 1.29. The van der Waals surface area contributed by atoms with Crippen LogP contribution in [-0.2, 0) is 11.3 Å². The van der Waals surface area contributed by atoms with Crippen LogP contribution >= 0.6 is 0 Å². The average Bonchev–Trinajstić information content (AvgIpc) is 2.74. The molecule has 0 aromatic heterocycles. The Hall–Kier alpha value is -2.73. The molecule has 0 unspecified atom stereocenters. The first-order chi connectivity index (χ1) is 13.7. The van der Waals surface area contributed by atoms with Gasteiger partial charge in [-0.05, 0) is 55.5 Å². The number of benzene rings is 2. The number of carbonyl (C=O) groups excluding carboxylic acids is 1. The third-order valence-electron chi connectivity index (χ3n) is 4.93. The summed E-state index contributed by atoms with van der Waals surface area (Å²) in [6.45, 7) is 7.12. The van der Waals surface area contributed by atoms with Crippen LogP contribution in [0.3, 0.4) is 0 Å². The van der Waals surface area contributed by atoms with Crippen molar-refractivity contribution in [2.45, 2.75) is 13.5 Å². The molecule has 28 heavy (non-hydrogen) atoms. The Bertz CT molecular complexity index is 738. The Morgan fingerprint density at radius 1 is 0.929 bits per heavy atom. The fraction of sp³-hybridized carbons (Fsp3) is 0.409. The van der Waals surface area contributed by atoms with Crippen molar-refractivity contribution in [1.29, 1.82) is 0 Å². The molecule has 1 amide bonds. The predicted octanol–water partition coefficient (Wildman–Crippen LogP) is 1.40. The maximum Gasteiger partial charge on any atom is 0.260 e. The highest BCUT2D eigenvalue weighted by Gasteiger charge is 2.24. The molecule has 0 aliphatic carbocycles. The van der Waals surface area contributed by atoms with Gasteiger partial charge in [0.1, 0.15) is 23.8 Å². The van der Waals surface area contributed by atoms with Crippen molar-refractivity contribution >= 4 is 5.91 Å². The fourth-order valence-corrected chi connectivity index (χ4v) is 3.32. The summed E-state index contributed by atoms with van der Waals surface area (Å²) in [4.78, 5) is 15.8. The lowest BCUT2D eigenvalue weighted by Crippen LogP contribution is -3.13. The van der Waals surface area contributed by atoms with E-state index in [0.29, 0.717) is 12.4 Å². The van der Waals surface area contributed by atoms with Crippen LogP contribution in [0.2, 0.25) is 0 Å². The lowest BCUT2D eigenvalue weighted by Gasteiger charge is -2.32. The van der Waals surface area contributed by atoms with E-state index < -0.39 is 0 Å². The van der Waals surface area contributed by atoms with Crippen molar-refractivity contribution in [3.8, 4) is 17.2 Å². The number of piperazine rings is 1. The van der Waals surface area contributed by atoms with Crippen LogP contribution in [0.4, 0.5) is 0 Å². The molecule has 1 aliphatic rings. The molecular formula is C22H29N2O4+. The monoisotopic (exact) mass is 385 g/mol. The molecule has 150 valence electrons. The number of amides is 1. The van der Waals surface area contributed by atoms with Crippen molar-refractivity contribution in [2.24, 2.45) is 0 Å². The molecule has 2 aromatic rings. The molecule has 0 spiro atoms. The Labute approximate surface area is 166 Å². The minimum atomic E-state index is 0.0379. The summed E-state index contributed by atoms with van der Waals surface area (Å²) >= 11 is 0. The van der Waals surface area contributed by atoms with Gasteiger partial charge < -0.3 is 24.0 Å². The van der Waals surface area contributed by atoms with E-state index in [1.54, 1.807) is 7.11 Å². The second-order valence-corrected chi connectivity index (χ2v) is 6.85. The SMILES string of the molecule is CCOc1ccc(C[NH+]2CCN(C(=O)COc3ccc(OC)cc3)CC2)cc1. The minimum absolute atomic E-state index is 0.0379. The van der Waals surface area contributed by atoms with Gasteiger partial charge >= 0.3 is 0 Å². The quantitative estimate of drug-likeness (QED) is 0.746. The molecule has 1 fully saturated rings. The van der Waals surface area contributed by atoms with E-state index >= 15 is 0 Å². The third-order valence-corrected chi connectivity index (χ3v) is 4.93. The van der Waals surface area contributed by atoms with Gasteiger partial charge in [-0.3, -0.25) is 4.79 Å². The molecule has 1 aliphatic heterocycles. The molecule has 0 atom stereocenters. The summed E-state index contributed by atoms with van der Waals surface area (Å²) in [5, 5.41) is 0. The van der Waals surface area contributed by atoms with E-state index in [-0.39, 0.29) is 12.5 Å². The molecule has 1 N–H and O–H groups in total. The number of quaternary nitrogens is 1. The zero-order valence-corrected chi connectivity index (χ0v) is 16.6. The van der Waals surface area contributed by atoms with Crippen LogP contribution in [0.5, 0.6) is 17.2 Å². The van der Waals surface area contributed by atoms with Crippen LogP contribution in [0, 0.1) is 0 Å². The van der Waals surface area contributed by atoms with Crippen LogP contribution in [0.1, 0.15) is 12.5 Å². The molecule has 6 nitrogen and oxygen atoms in total. The van der Waals surface area contributed by atoms with Crippen molar-refractivity contribution in [3.05, 3.63) is 54.1 Å². The third kappa shape index (κ3) is 5.63. The number of rotatable bonds is 8. The second kappa shape index (κ2) is 9.99. The molecule has 0 bridgehead atoms. The molecule has 2 aromatic carbocycles. The number of nitrogens with one attached hydrogen (secondary N) is 1. The molecular weight excluding hydrogens is 356 g/mol. The van der Waals surface area contributed by atoms with E-state index in [9.17, 15) is 4.79 Å². The first kappa shape index (κ1) is 20.0. The summed E-state index contributed by atoms with van der Waals surface area (Å²) in [5.74, 6) is 2.39. The van der Waals surface area contributed by atoms with E-state index in [0.717, 1.165) is 44.2 Å². The molecule has 1 saturated heterocycles. The Morgan fingerprint density at radius 2 is 1.50 bits per heavy atom. The number of carbonyl (C=O) groups is 1. The van der Waals surface area contributed by atoms with E-state index in [4.69, 9.17) is 14.2 Å². The van der Waals surface area contributed by atoms with Gasteiger partial charge in [-0.1, -0.05) is 0 Å². The van der Waals surface area contributed by atoms with Crippen LogP contribution in [0.25, 0.3) is 0 Å². The first-order valence-corrected chi connectivity index (χ1v) is 9.78. The molecule has 6 heteroatoms. The molecule has 0 radical (unpaired) electrons. The zero-order valence-electron chi connectivity index (χ0n) is 16.6. The van der Waals surface area contributed by atoms with Crippen LogP contribution < -0.4 is 19.1 Å². The van der Waals surface area contributed by atoms with Gasteiger partial charge in [0.05, 0.1) is 39.9 Å². The smallest absolute Gasteiger partial charge is 0.260 e. The highest BCUT2D eigenvalue weighted by molar-refractivity contribution is 5.77. The van der Waals surface area contributed by atoms with Gasteiger partial charge in [-0.25, -0.2) is 0 Å². The van der Waals surface area contributed by atoms with Crippen molar-refractivity contribution < 1.29 is 23.9 Å². The van der Waals surface area contributed by atoms with Gasteiger partial charge in [-0.15, -0.1) is 0 Å². The van der Waals surface area contributed by atoms with Crippen LogP contribution in [-0.4, -0.2) is 57.3 Å². The van der Waals surface area contributed by atoms with Gasteiger partial charge in [-0.2, -0.15) is 0 Å². The lowest BCUT2D eigenvalue weighted by molar-refractivity contribution is -0.917. The fourth-order valence-electron chi connectivity index (χ4n) is 3.32. The van der Waals surface area contributed by atoms with Crippen LogP contribution in [0.15, 0.2) is 48.5 Å². The van der Waals surface area contributed by atoms with E-state index in [1.807, 2.05) is 48.2 Å². The Morgan fingerprint density at radius 3 is 2.11 bits per heavy atom. The van der Waals surface area contributed by atoms with Crippen molar-refractivity contribution in [1.82, 2.24) is 4.90 Å².